The Morgan fingerprint density at radius 3 is 2.41 bits per heavy atom. The molecule has 112 valence electrons. The van der Waals surface area contributed by atoms with E-state index in [-0.39, 0.29) is 12.3 Å². The Labute approximate surface area is 133 Å². The number of amides is 1. The number of hydrogen-bond donors (Lipinski definition) is 1. The van der Waals surface area contributed by atoms with Crippen LogP contribution in [0.5, 0.6) is 0 Å². The van der Waals surface area contributed by atoms with Gasteiger partial charge in [-0.25, -0.2) is 0 Å². The Hall–Kier alpha value is -2.17. The summed E-state index contributed by atoms with van der Waals surface area (Å²) in [7, 11) is 0. The molecule has 0 saturated heterocycles. The zero-order chi connectivity index (χ0) is 15.7. The molecule has 1 aliphatic heterocycles. The molecule has 1 amide bonds. The smallest absolute Gasteiger partial charge is 0.242 e. The molecule has 1 aliphatic rings. The first-order valence-corrected chi connectivity index (χ1v) is 7.30. The maximum Gasteiger partial charge on any atom is 0.242 e. The van der Waals surface area contributed by atoms with Gasteiger partial charge in [-0.3, -0.25) is 4.79 Å². The first-order valence-electron chi connectivity index (χ1n) is 6.93. The molecule has 2 aromatic rings. The lowest BCUT2D eigenvalue weighted by molar-refractivity contribution is -0.155. The highest BCUT2D eigenvalue weighted by atomic mass is 35.5. The van der Waals surface area contributed by atoms with Gasteiger partial charge in [0.05, 0.1) is 5.71 Å². The van der Waals surface area contributed by atoms with Crippen LogP contribution in [0.1, 0.15) is 24.5 Å². The first kappa shape index (κ1) is 14.8. The molecule has 0 bridgehead atoms. The third-order valence-electron chi connectivity index (χ3n) is 3.70. The molecule has 0 aromatic heterocycles. The SMILES string of the molecule is CC(=O)N1N=C(c2ccccc2)CC1(O)c1ccc(Cl)cc1. The van der Waals surface area contributed by atoms with E-state index in [1.54, 1.807) is 24.3 Å². The van der Waals surface area contributed by atoms with Crippen LogP contribution in [0.3, 0.4) is 0 Å². The monoisotopic (exact) mass is 314 g/mol. The number of halogens is 1. The minimum Gasteiger partial charge on any atom is -0.365 e. The molecule has 1 heterocycles. The second kappa shape index (κ2) is 5.55. The average molecular weight is 315 g/mol. The number of carbonyl (C=O) groups excluding carboxylic acids is 1. The summed E-state index contributed by atoms with van der Waals surface area (Å²) in [6, 6.07) is 16.3. The molecule has 3 rings (SSSR count). The Morgan fingerprint density at radius 2 is 1.82 bits per heavy atom. The summed E-state index contributed by atoms with van der Waals surface area (Å²) in [5.74, 6) is -0.316. The highest BCUT2D eigenvalue weighted by Crippen LogP contribution is 2.37. The van der Waals surface area contributed by atoms with Crippen LogP contribution in [0.25, 0.3) is 0 Å². The van der Waals surface area contributed by atoms with Gasteiger partial charge in [-0.05, 0) is 17.7 Å². The number of hydrazone groups is 1. The van der Waals surface area contributed by atoms with E-state index in [2.05, 4.69) is 5.10 Å². The van der Waals surface area contributed by atoms with Crippen molar-refractivity contribution in [2.45, 2.75) is 19.1 Å². The van der Waals surface area contributed by atoms with Gasteiger partial charge in [0.25, 0.3) is 0 Å². The van der Waals surface area contributed by atoms with Crippen molar-refractivity contribution in [2.24, 2.45) is 5.10 Å². The second-order valence-electron chi connectivity index (χ2n) is 5.24. The lowest BCUT2D eigenvalue weighted by Gasteiger charge is -2.30. The summed E-state index contributed by atoms with van der Waals surface area (Å²) >= 11 is 5.90. The van der Waals surface area contributed by atoms with Gasteiger partial charge in [-0.2, -0.15) is 10.1 Å². The summed E-state index contributed by atoms with van der Waals surface area (Å²) in [4.78, 5) is 11.9. The maximum atomic E-state index is 11.9. The van der Waals surface area contributed by atoms with Crippen molar-refractivity contribution < 1.29 is 9.90 Å². The molecular weight excluding hydrogens is 300 g/mol. The quantitative estimate of drug-likeness (QED) is 0.926. The molecule has 2 aromatic carbocycles. The summed E-state index contributed by atoms with van der Waals surface area (Å²) in [5.41, 5.74) is 0.662. The predicted octanol–water partition coefficient (Wildman–Crippen LogP) is 3.14. The summed E-state index contributed by atoms with van der Waals surface area (Å²) in [5, 5.41) is 17.1. The van der Waals surface area contributed by atoms with Crippen molar-refractivity contribution in [1.29, 1.82) is 0 Å². The van der Waals surface area contributed by atoms with Crippen LogP contribution in [0.15, 0.2) is 59.7 Å². The van der Waals surface area contributed by atoms with E-state index in [0.29, 0.717) is 16.3 Å². The van der Waals surface area contributed by atoms with E-state index in [0.717, 1.165) is 10.6 Å². The molecule has 0 aliphatic carbocycles. The largest absolute Gasteiger partial charge is 0.365 e. The predicted molar refractivity (Wildman–Crippen MR) is 85.5 cm³/mol. The van der Waals surface area contributed by atoms with Crippen molar-refractivity contribution >= 4 is 23.2 Å². The minimum atomic E-state index is -1.48. The van der Waals surface area contributed by atoms with Gasteiger partial charge in [-0.15, -0.1) is 0 Å². The normalized spacial score (nSPS) is 20.9. The summed E-state index contributed by atoms with van der Waals surface area (Å²) in [6.45, 7) is 1.39. The molecule has 0 spiro atoms. The van der Waals surface area contributed by atoms with Crippen molar-refractivity contribution in [3.8, 4) is 0 Å². The molecule has 0 radical (unpaired) electrons. The standard InChI is InChI=1S/C17H15ClN2O2/c1-12(21)20-17(22,14-7-9-15(18)10-8-14)11-16(19-20)13-5-3-2-4-6-13/h2-10,22H,11H2,1H3. The Kier molecular flexibility index (Phi) is 3.72. The van der Waals surface area contributed by atoms with Gasteiger partial charge in [-0.1, -0.05) is 54.1 Å². The van der Waals surface area contributed by atoms with E-state index in [1.807, 2.05) is 30.3 Å². The van der Waals surface area contributed by atoms with E-state index in [4.69, 9.17) is 11.6 Å². The van der Waals surface area contributed by atoms with Gasteiger partial charge in [0.15, 0.2) is 5.72 Å². The van der Waals surface area contributed by atoms with E-state index in [1.165, 1.54) is 6.92 Å². The topological polar surface area (TPSA) is 52.9 Å². The van der Waals surface area contributed by atoms with E-state index >= 15 is 0 Å². The summed E-state index contributed by atoms with van der Waals surface area (Å²) in [6.07, 6.45) is 0.234. The fourth-order valence-electron chi connectivity index (χ4n) is 2.61. The fraction of sp³-hybridized carbons (Fsp3) is 0.176. The fourth-order valence-corrected chi connectivity index (χ4v) is 2.74. The van der Waals surface area contributed by atoms with Gasteiger partial charge < -0.3 is 5.11 Å². The van der Waals surface area contributed by atoms with Crippen LogP contribution in [-0.2, 0) is 10.5 Å². The third-order valence-corrected chi connectivity index (χ3v) is 3.95. The lowest BCUT2D eigenvalue weighted by Crippen LogP contribution is -2.42. The van der Waals surface area contributed by atoms with Gasteiger partial charge in [0.2, 0.25) is 5.91 Å². The molecule has 1 N–H and O–H groups in total. The third kappa shape index (κ3) is 2.51. The Balaban J connectivity index is 2.02. The van der Waals surface area contributed by atoms with Crippen LogP contribution in [0, 0.1) is 0 Å². The highest BCUT2D eigenvalue weighted by molar-refractivity contribution is 6.30. The maximum absolute atomic E-state index is 11.9. The van der Waals surface area contributed by atoms with Crippen molar-refractivity contribution in [3.63, 3.8) is 0 Å². The van der Waals surface area contributed by atoms with Crippen LogP contribution in [-0.4, -0.2) is 21.7 Å². The van der Waals surface area contributed by atoms with Crippen molar-refractivity contribution in [2.75, 3.05) is 0 Å². The average Bonchev–Trinajstić information content (AvgIpc) is 2.88. The Bertz CT molecular complexity index is 728. The Morgan fingerprint density at radius 1 is 1.18 bits per heavy atom. The lowest BCUT2D eigenvalue weighted by atomic mass is 9.95. The molecule has 0 saturated carbocycles. The molecule has 4 nitrogen and oxygen atoms in total. The summed E-state index contributed by atoms with van der Waals surface area (Å²) < 4.78 is 0. The van der Waals surface area contributed by atoms with E-state index < -0.39 is 5.72 Å². The zero-order valence-electron chi connectivity index (χ0n) is 12.0. The van der Waals surface area contributed by atoms with Gasteiger partial charge in [0, 0.05) is 23.9 Å². The number of hydrogen-bond acceptors (Lipinski definition) is 3. The van der Waals surface area contributed by atoms with Gasteiger partial charge >= 0.3 is 0 Å². The van der Waals surface area contributed by atoms with Gasteiger partial charge in [0.1, 0.15) is 0 Å². The number of rotatable bonds is 2. The minimum absolute atomic E-state index is 0.234. The number of carbonyl (C=O) groups is 1. The van der Waals surface area contributed by atoms with Crippen LogP contribution < -0.4 is 0 Å². The molecule has 1 atom stereocenters. The molecule has 0 fully saturated rings. The van der Waals surface area contributed by atoms with Crippen LogP contribution >= 0.6 is 11.6 Å². The number of nitrogens with zero attached hydrogens (tertiary/aromatic N) is 2. The second-order valence-corrected chi connectivity index (χ2v) is 5.68. The zero-order valence-corrected chi connectivity index (χ0v) is 12.8. The molecule has 5 heteroatoms. The highest BCUT2D eigenvalue weighted by Gasteiger charge is 2.44. The van der Waals surface area contributed by atoms with Crippen LogP contribution in [0.4, 0.5) is 0 Å². The number of aliphatic hydroxyl groups is 1. The molecule has 1 unspecified atom stereocenters. The van der Waals surface area contributed by atoms with E-state index in [9.17, 15) is 9.90 Å². The van der Waals surface area contributed by atoms with Crippen LogP contribution in [0.2, 0.25) is 5.02 Å². The molecule has 22 heavy (non-hydrogen) atoms. The number of benzene rings is 2. The first-order chi connectivity index (χ1) is 10.5. The molecular formula is C17H15ClN2O2. The van der Waals surface area contributed by atoms with Crippen molar-refractivity contribution in [3.05, 3.63) is 70.7 Å². The van der Waals surface area contributed by atoms with Crippen molar-refractivity contribution in [1.82, 2.24) is 5.01 Å².